The number of nitrogens with one attached hydrogen (secondary N) is 2. The van der Waals surface area contributed by atoms with Gasteiger partial charge in [0, 0.05) is 42.5 Å². The number of carbonyl (C=O) groups excluding carboxylic acids is 1. The second-order valence-corrected chi connectivity index (χ2v) is 8.85. The molecule has 0 fully saturated rings. The van der Waals surface area contributed by atoms with Gasteiger partial charge in [0.1, 0.15) is 5.82 Å². The number of carbonyl (C=O) groups is 1. The number of aromatic nitrogens is 4. The number of H-pyrrole nitrogens is 2. The zero-order valence-corrected chi connectivity index (χ0v) is 20.1. The van der Waals surface area contributed by atoms with Gasteiger partial charge in [-0.3, -0.25) is 14.7 Å². The topological polar surface area (TPSA) is 94.7 Å². The number of nitrogens with zero attached hydrogens (tertiary/aromatic N) is 3. The van der Waals surface area contributed by atoms with Gasteiger partial charge in [-0.15, -0.1) is 0 Å². The Hall–Kier alpha value is -2.94. The molecule has 0 aliphatic carbocycles. The lowest BCUT2D eigenvalue weighted by molar-refractivity contribution is -0.129. The number of benzene rings is 1. The van der Waals surface area contributed by atoms with Crippen LogP contribution in [0.1, 0.15) is 42.6 Å². The Bertz CT molecular complexity index is 1140. The fourth-order valence-corrected chi connectivity index (χ4v) is 4.07. The van der Waals surface area contributed by atoms with E-state index in [-0.39, 0.29) is 23.7 Å². The van der Waals surface area contributed by atoms with Crippen LogP contribution in [0.5, 0.6) is 0 Å². The van der Waals surface area contributed by atoms with Gasteiger partial charge in [0.2, 0.25) is 5.91 Å². The Balaban J connectivity index is 1.37. The van der Waals surface area contributed by atoms with Gasteiger partial charge in [-0.25, -0.2) is 9.37 Å². The van der Waals surface area contributed by atoms with Gasteiger partial charge in [0.25, 0.3) is 5.56 Å². The van der Waals surface area contributed by atoms with Gasteiger partial charge in [0.15, 0.2) is 5.16 Å². The molecule has 0 aliphatic heterocycles. The van der Waals surface area contributed by atoms with E-state index < -0.39 is 0 Å². The molecule has 7 nitrogen and oxygen atoms in total. The van der Waals surface area contributed by atoms with Crippen LogP contribution in [0.4, 0.5) is 4.39 Å². The maximum absolute atomic E-state index is 13.4. The Labute approximate surface area is 197 Å². The molecule has 2 N–H and O–H groups in total. The molecule has 1 amide bonds. The van der Waals surface area contributed by atoms with Crippen molar-refractivity contribution in [3.8, 4) is 11.3 Å². The third-order valence-electron chi connectivity index (χ3n) is 5.60. The largest absolute Gasteiger partial charge is 0.346 e. The Morgan fingerprint density at radius 1 is 1.18 bits per heavy atom. The number of halogens is 1. The van der Waals surface area contributed by atoms with Crippen LogP contribution in [0.2, 0.25) is 0 Å². The second kappa shape index (κ2) is 11.8. The number of hydrogen-bond acceptors (Lipinski definition) is 5. The summed E-state index contributed by atoms with van der Waals surface area (Å²) in [5.41, 5.74) is 3.60. The van der Waals surface area contributed by atoms with Crippen molar-refractivity contribution in [3.63, 3.8) is 0 Å². The monoisotopic (exact) mass is 471 g/mol. The quantitative estimate of drug-likeness (QED) is 0.249. The van der Waals surface area contributed by atoms with Crippen LogP contribution in [-0.2, 0) is 17.6 Å². The maximum Gasteiger partial charge on any atom is 0.254 e. The Morgan fingerprint density at radius 3 is 2.73 bits per heavy atom. The summed E-state index contributed by atoms with van der Waals surface area (Å²) in [5.74, 6) is -0.251. The number of unbranched alkanes of at least 4 members (excludes halogenated alkanes) is 2. The molecule has 3 aromatic rings. The minimum atomic E-state index is -0.275. The third kappa shape index (κ3) is 7.02. The lowest BCUT2D eigenvalue weighted by Gasteiger charge is -2.17. The third-order valence-corrected chi connectivity index (χ3v) is 6.18. The van der Waals surface area contributed by atoms with Crippen molar-refractivity contribution >= 4 is 17.7 Å². The van der Waals surface area contributed by atoms with Crippen molar-refractivity contribution in [2.75, 3.05) is 19.8 Å². The van der Waals surface area contributed by atoms with Crippen LogP contribution in [0.15, 0.2) is 40.3 Å². The molecular weight excluding hydrogens is 441 g/mol. The minimum Gasteiger partial charge on any atom is -0.346 e. The molecule has 2 aromatic heterocycles. The summed E-state index contributed by atoms with van der Waals surface area (Å²) in [5, 5.41) is 7.88. The van der Waals surface area contributed by atoms with E-state index in [4.69, 9.17) is 0 Å². The van der Waals surface area contributed by atoms with E-state index in [1.165, 1.54) is 23.9 Å². The first-order chi connectivity index (χ1) is 15.9. The lowest BCUT2D eigenvalue weighted by Crippen LogP contribution is -2.29. The van der Waals surface area contributed by atoms with Crippen molar-refractivity contribution in [1.82, 2.24) is 25.1 Å². The summed E-state index contributed by atoms with van der Waals surface area (Å²) in [7, 11) is 1.80. The van der Waals surface area contributed by atoms with E-state index in [1.54, 1.807) is 24.9 Å². The van der Waals surface area contributed by atoms with Crippen LogP contribution >= 0.6 is 11.8 Å². The molecule has 9 heteroatoms. The molecule has 176 valence electrons. The van der Waals surface area contributed by atoms with Gasteiger partial charge in [-0.2, -0.15) is 5.10 Å². The maximum atomic E-state index is 13.4. The number of amides is 1. The van der Waals surface area contributed by atoms with Crippen molar-refractivity contribution in [2.45, 2.75) is 50.6 Å². The van der Waals surface area contributed by atoms with Crippen molar-refractivity contribution in [2.24, 2.45) is 0 Å². The van der Waals surface area contributed by atoms with Crippen LogP contribution in [0, 0.1) is 12.7 Å². The number of hydrogen-bond donors (Lipinski definition) is 2. The second-order valence-electron chi connectivity index (χ2n) is 8.05. The van der Waals surface area contributed by atoms with Crippen LogP contribution < -0.4 is 5.56 Å². The van der Waals surface area contributed by atoms with Crippen LogP contribution in [0.25, 0.3) is 11.3 Å². The van der Waals surface area contributed by atoms with E-state index in [1.807, 2.05) is 18.4 Å². The summed E-state index contributed by atoms with van der Waals surface area (Å²) in [4.78, 5) is 33.5. The average Bonchev–Trinajstić information content (AvgIpc) is 3.26. The van der Waals surface area contributed by atoms with Gasteiger partial charge in [0.05, 0.1) is 5.69 Å². The fraction of sp³-hybridized carbons (Fsp3) is 0.417. The minimum absolute atomic E-state index is 0.0241. The first-order valence-corrected chi connectivity index (χ1v) is 12.3. The summed E-state index contributed by atoms with van der Waals surface area (Å²) in [6.45, 7) is 2.48. The highest BCUT2D eigenvalue weighted by molar-refractivity contribution is 7.98. The number of thioether (sulfide) groups is 1. The van der Waals surface area contributed by atoms with Crippen molar-refractivity contribution in [3.05, 3.63) is 63.5 Å². The standard InChI is InChI=1S/C24H30FN5O2S/c1-16-20(23(32)27-24(26-16)33-3)11-12-22(31)30(2)13-6-4-5-10-19-15-21(29-28-19)17-8-7-9-18(25)14-17/h7-9,14-15H,4-6,10-13H2,1-3H3,(H,28,29)(H,26,27,32). The van der Waals surface area contributed by atoms with Crippen molar-refractivity contribution in [1.29, 1.82) is 0 Å². The molecule has 0 spiro atoms. The molecule has 1 aromatic carbocycles. The Kier molecular flexibility index (Phi) is 8.82. The van der Waals surface area contributed by atoms with Gasteiger partial charge in [-0.05, 0) is 57.1 Å². The van der Waals surface area contributed by atoms with Gasteiger partial charge >= 0.3 is 0 Å². The van der Waals surface area contributed by atoms with E-state index in [2.05, 4.69) is 20.2 Å². The zero-order valence-electron chi connectivity index (χ0n) is 19.3. The van der Waals surface area contributed by atoms with Crippen molar-refractivity contribution < 1.29 is 9.18 Å². The number of rotatable bonds is 11. The zero-order chi connectivity index (χ0) is 23.8. The lowest BCUT2D eigenvalue weighted by atomic mass is 10.1. The van der Waals surface area contributed by atoms with E-state index in [0.29, 0.717) is 29.4 Å². The normalized spacial score (nSPS) is 11.0. The molecule has 2 heterocycles. The number of aryl methyl sites for hydroxylation is 2. The molecule has 0 saturated heterocycles. The predicted octanol–water partition coefficient (Wildman–Crippen LogP) is 4.13. The highest BCUT2D eigenvalue weighted by Crippen LogP contribution is 2.19. The molecule has 0 unspecified atom stereocenters. The first kappa shape index (κ1) is 24.7. The first-order valence-electron chi connectivity index (χ1n) is 11.1. The highest BCUT2D eigenvalue weighted by Gasteiger charge is 2.13. The molecular formula is C24H30FN5O2S. The Morgan fingerprint density at radius 2 is 2.00 bits per heavy atom. The van der Waals surface area contributed by atoms with Gasteiger partial charge < -0.3 is 9.88 Å². The smallest absolute Gasteiger partial charge is 0.254 e. The summed E-state index contributed by atoms with van der Waals surface area (Å²) in [6.07, 6.45) is 6.23. The summed E-state index contributed by atoms with van der Waals surface area (Å²) < 4.78 is 13.4. The molecule has 0 atom stereocenters. The molecule has 33 heavy (non-hydrogen) atoms. The SMILES string of the molecule is CSc1nc(C)c(CCC(=O)N(C)CCCCCc2cc(-c3cccc(F)c3)n[nH]2)c(=O)[nH]1. The summed E-state index contributed by atoms with van der Waals surface area (Å²) in [6, 6.07) is 8.35. The van der Waals surface area contributed by atoms with E-state index in [9.17, 15) is 14.0 Å². The van der Waals surface area contributed by atoms with E-state index >= 15 is 0 Å². The molecule has 3 rings (SSSR count). The van der Waals surface area contributed by atoms with Crippen LogP contribution in [-0.4, -0.2) is 50.8 Å². The molecule has 0 saturated carbocycles. The average molecular weight is 472 g/mol. The summed E-state index contributed by atoms with van der Waals surface area (Å²) >= 11 is 1.39. The molecule has 0 radical (unpaired) electrons. The fourth-order valence-electron chi connectivity index (χ4n) is 3.65. The van der Waals surface area contributed by atoms with E-state index in [0.717, 1.165) is 42.6 Å². The highest BCUT2D eigenvalue weighted by atomic mass is 32.2. The van der Waals surface area contributed by atoms with Crippen LogP contribution in [0.3, 0.4) is 0 Å². The van der Waals surface area contributed by atoms with Gasteiger partial charge in [-0.1, -0.05) is 30.3 Å². The molecule has 0 aliphatic rings. The molecule has 0 bridgehead atoms. The number of aromatic amines is 2. The predicted molar refractivity (Wildman–Crippen MR) is 129 cm³/mol.